The number of phosphoric ester groups is 1. The Morgan fingerprint density at radius 2 is 1.27 bits per heavy atom. The van der Waals surface area contributed by atoms with Crippen molar-refractivity contribution >= 4 is 13.7 Å². The van der Waals surface area contributed by atoms with E-state index in [0.717, 1.165) is 38.6 Å². The van der Waals surface area contributed by atoms with Gasteiger partial charge in [-0.05, 0) is 12.8 Å². The van der Waals surface area contributed by atoms with Gasteiger partial charge in [0.1, 0.15) is 12.6 Å². The highest BCUT2D eigenvalue weighted by atomic mass is 31.2. The summed E-state index contributed by atoms with van der Waals surface area (Å²) in [7, 11) is -0.680. The van der Waals surface area contributed by atoms with Gasteiger partial charge in [-0.25, -0.2) is 4.57 Å². The van der Waals surface area contributed by atoms with Crippen molar-refractivity contribution in [3.63, 3.8) is 0 Å². The topological polar surface area (TPSA) is 116 Å². The minimum Gasteiger partial charge on any atom is -0.385 e. The van der Waals surface area contributed by atoms with Crippen LogP contribution in [0.3, 0.4) is 0 Å². The van der Waals surface area contributed by atoms with Gasteiger partial charge < -0.3 is 24.7 Å². The second-order valence-corrected chi connectivity index (χ2v) is 12.7. The summed E-state index contributed by atoms with van der Waals surface area (Å²) in [5.41, 5.74) is 0. The third-order valence-corrected chi connectivity index (χ3v) is 7.55. The number of carbonyl (C=O) groups is 1. The van der Waals surface area contributed by atoms with Crippen molar-refractivity contribution in [3.8, 4) is 0 Å². The molecule has 0 heterocycles. The third-order valence-electron chi connectivity index (χ3n) is 7.06. The first-order chi connectivity index (χ1) is 17.5. The summed E-state index contributed by atoms with van der Waals surface area (Å²) in [5.74, 6) is 0.275. The maximum Gasteiger partial charge on any atom is 0.469 e. The van der Waals surface area contributed by atoms with E-state index in [1.165, 1.54) is 77.0 Å². The highest BCUT2D eigenvalue weighted by Gasteiger charge is 2.24. The Labute approximate surface area is 227 Å². The lowest BCUT2D eigenvalue weighted by molar-refractivity contribution is -0.893. The molecule has 0 radical (unpaired) electrons. The number of hydrogen-bond donors (Lipinski definition) is 4. The molecule has 2 atom stereocenters. The summed E-state index contributed by atoms with van der Waals surface area (Å²) in [6.07, 6.45) is 19.4. The Morgan fingerprint density at radius 1 is 0.811 bits per heavy atom. The zero-order valence-corrected chi connectivity index (χ0v) is 25.4. The summed E-state index contributed by atoms with van der Waals surface area (Å²) in [4.78, 5) is 30.6. The molecule has 37 heavy (non-hydrogen) atoms. The largest absolute Gasteiger partial charge is 0.469 e. The minimum atomic E-state index is -4.58. The fourth-order valence-electron chi connectivity index (χ4n) is 4.86. The van der Waals surface area contributed by atoms with Gasteiger partial charge in [0, 0.05) is 18.9 Å². The van der Waals surface area contributed by atoms with Crippen LogP contribution >= 0.6 is 7.82 Å². The van der Waals surface area contributed by atoms with Crippen LogP contribution in [0, 0.1) is 5.92 Å². The first kappa shape index (κ1) is 36.5. The SMILES string of the molecule is CCCCCCCCCCC(CCCCCCCC)C(=O)NCCC[N+](C)(C)CC(O)COP(=O)(O)O. The molecule has 2 unspecified atom stereocenters. The maximum absolute atomic E-state index is 13.0. The summed E-state index contributed by atoms with van der Waals surface area (Å²) in [6, 6.07) is 0. The molecule has 9 heteroatoms. The number of unbranched alkanes of at least 4 members (excludes halogenated alkanes) is 12. The normalized spacial score (nSPS) is 14.0. The van der Waals surface area contributed by atoms with Crippen molar-refractivity contribution < 1.29 is 33.3 Å². The Kier molecular flexibility index (Phi) is 22.0. The molecule has 8 nitrogen and oxygen atoms in total. The van der Waals surface area contributed by atoms with E-state index in [0.29, 0.717) is 17.6 Å². The Morgan fingerprint density at radius 3 is 1.73 bits per heavy atom. The predicted molar refractivity (Wildman–Crippen MR) is 152 cm³/mol. The molecule has 0 spiro atoms. The number of carbonyl (C=O) groups excluding carboxylic acids is 1. The smallest absolute Gasteiger partial charge is 0.385 e. The number of quaternary nitrogens is 1. The summed E-state index contributed by atoms with van der Waals surface area (Å²) in [6.45, 7) is 5.71. The van der Waals surface area contributed by atoms with Crippen LogP contribution in [0.4, 0.5) is 0 Å². The molecule has 0 aliphatic heterocycles. The van der Waals surface area contributed by atoms with E-state index < -0.39 is 20.5 Å². The Hall–Kier alpha value is -0.500. The number of likely N-dealkylation sites (N-methyl/N-ethyl adjacent to an activating group) is 1. The Bertz CT molecular complexity index is 599. The van der Waals surface area contributed by atoms with E-state index in [4.69, 9.17) is 9.79 Å². The van der Waals surface area contributed by atoms with Gasteiger partial charge in [0.25, 0.3) is 0 Å². The summed E-state index contributed by atoms with van der Waals surface area (Å²) < 4.78 is 15.7. The monoisotopic (exact) mass is 551 g/mol. The first-order valence-corrected chi connectivity index (χ1v) is 16.5. The average molecular weight is 552 g/mol. The molecule has 4 N–H and O–H groups in total. The zero-order chi connectivity index (χ0) is 28.0. The van der Waals surface area contributed by atoms with Gasteiger partial charge in [-0.3, -0.25) is 9.32 Å². The van der Waals surface area contributed by atoms with E-state index >= 15 is 0 Å². The van der Waals surface area contributed by atoms with Crippen molar-refractivity contribution in [2.45, 2.75) is 129 Å². The Balaban J connectivity index is 4.39. The second-order valence-electron chi connectivity index (χ2n) is 11.4. The van der Waals surface area contributed by atoms with E-state index in [1.54, 1.807) is 0 Å². The molecule has 0 bridgehead atoms. The second kappa shape index (κ2) is 22.3. The van der Waals surface area contributed by atoms with Crippen LogP contribution in [0.5, 0.6) is 0 Å². The van der Waals surface area contributed by atoms with E-state index in [9.17, 15) is 14.5 Å². The van der Waals surface area contributed by atoms with Gasteiger partial charge in [0.05, 0.1) is 27.2 Å². The molecule has 0 aliphatic rings. The van der Waals surface area contributed by atoms with Gasteiger partial charge in [0.2, 0.25) is 5.91 Å². The number of aliphatic hydroxyl groups is 1. The van der Waals surface area contributed by atoms with Crippen LogP contribution in [0.2, 0.25) is 0 Å². The summed E-state index contributed by atoms with van der Waals surface area (Å²) in [5, 5.41) is 13.2. The number of nitrogens with zero attached hydrogens (tertiary/aromatic N) is 1. The van der Waals surface area contributed by atoms with E-state index in [1.807, 2.05) is 14.1 Å². The molecule has 0 saturated heterocycles. The molecule has 0 rings (SSSR count). The van der Waals surface area contributed by atoms with Gasteiger partial charge >= 0.3 is 7.82 Å². The number of hydrogen-bond acceptors (Lipinski definition) is 4. The first-order valence-electron chi connectivity index (χ1n) is 15.0. The molecule has 0 aliphatic carbocycles. The standard InChI is InChI=1S/C28H59N2O6P/c1-5-7-9-11-13-14-16-18-21-26(20-17-15-12-10-8-6-2)28(32)29-22-19-23-30(3,4)24-27(31)25-36-37(33,34)35/h26-27,31H,5-25H2,1-4H3,(H2-,29,32,33,34,35)/p+1. The van der Waals surface area contributed by atoms with Gasteiger partial charge in [0.15, 0.2) is 0 Å². The lowest BCUT2D eigenvalue weighted by atomic mass is 9.93. The maximum atomic E-state index is 13.0. The van der Waals surface area contributed by atoms with Gasteiger partial charge in [-0.15, -0.1) is 0 Å². The highest BCUT2D eigenvalue weighted by molar-refractivity contribution is 7.46. The van der Waals surface area contributed by atoms with Gasteiger partial charge in [-0.1, -0.05) is 104 Å². The van der Waals surface area contributed by atoms with Crippen LogP contribution in [-0.2, 0) is 13.9 Å². The van der Waals surface area contributed by atoms with Gasteiger partial charge in [-0.2, -0.15) is 0 Å². The van der Waals surface area contributed by atoms with Crippen LogP contribution in [0.25, 0.3) is 0 Å². The van der Waals surface area contributed by atoms with Crippen molar-refractivity contribution in [1.29, 1.82) is 0 Å². The molecule has 0 aromatic rings. The molecule has 1 amide bonds. The van der Waals surface area contributed by atoms with Crippen LogP contribution in [-0.4, -0.2) is 71.7 Å². The molecule has 0 aromatic heterocycles. The predicted octanol–water partition coefficient (Wildman–Crippen LogP) is 5.94. The number of amides is 1. The highest BCUT2D eigenvalue weighted by Crippen LogP contribution is 2.35. The third kappa shape index (κ3) is 24.3. The number of phosphoric acid groups is 1. The molecule has 0 saturated carbocycles. The number of rotatable bonds is 26. The zero-order valence-electron chi connectivity index (χ0n) is 24.5. The van der Waals surface area contributed by atoms with Crippen molar-refractivity contribution in [1.82, 2.24) is 5.32 Å². The van der Waals surface area contributed by atoms with E-state index in [2.05, 4.69) is 23.7 Å². The summed E-state index contributed by atoms with van der Waals surface area (Å²) >= 11 is 0. The number of aliphatic hydroxyl groups excluding tert-OH is 1. The fraction of sp³-hybridized carbons (Fsp3) is 0.964. The molecule has 0 fully saturated rings. The quantitative estimate of drug-likeness (QED) is 0.0601. The van der Waals surface area contributed by atoms with E-state index in [-0.39, 0.29) is 11.8 Å². The lowest BCUT2D eigenvalue weighted by Crippen LogP contribution is -2.48. The van der Waals surface area contributed by atoms with Crippen LogP contribution in [0.15, 0.2) is 0 Å². The minimum absolute atomic E-state index is 0.0976. The van der Waals surface area contributed by atoms with Crippen molar-refractivity contribution in [2.75, 3.05) is 40.3 Å². The van der Waals surface area contributed by atoms with Crippen LogP contribution < -0.4 is 5.32 Å². The van der Waals surface area contributed by atoms with Crippen LogP contribution in [0.1, 0.15) is 123 Å². The lowest BCUT2D eigenvalue weighted by Gasteiger charge is -2.32. The number of nitrogens with one attached hydrogen (secondary N) is 1. The molecule has 0 aromatic carbocycles. The molecular weight excluding hydrogens is 491 g/mol. The molecule has 222 valence electrons. The van der Waals surface area contributed by atoms with Crippen molar-refractivity contribution in [2.24, 2.45) is 5.92 Å². The average Bonchev–Trinajstić information content (AvgIpc) is 2.82. The fourth-order valence-corrected chi connectivity index (χ4v) is 5.23. The van der Waals surface area contributed by atoms with Crippen molar-refractivity contribution in [3.05, 3.63) is 0 Å². The molecular formula is C28H60N2O6P+.